The van der Waals surface area contributed by atoms with Crippen molar-refractivity contribution >= 4 is 11.9 Å². The monoisotopic (exact) mass is 362 g/mol. The summed E-state index contributed by atoms with van der Waals surface area (Å²) in [5, 5.41) is 20.4. The molecule has 0 unspecified atom stereocenters. The van der Waals surface area contributed by atoms with Crippen LogP contribution in [0.2, 0.25) is 0 Å². The van der Waals surface area contributed by atoms with Gasteiger partial charge in [0.15, 0.2) is 0 Å². The van der Waals surface area contributed by atoms with E-state index in [0.29, 0.717) is 11.1 Å². The minimum absolute atomic E-state index is 0.235. The summed E-state index contributed by atoms with van der Waals surface area (Å²) in [6.07, 6.45) is 1.46. The van der Waals surface area contributed by atoms with Crippen LogP contribution in [0.5, 0.6) is 0 Å². The van der Waals surface area contributed by atoms with Crippen LogP contribution in [0.15, 0.2) is 47.1 Å². The number of ether oxygens (including phenoxy) is 2. The number of fused-ring (bicyclic) bond motifs is 1. The quantitative estimate of drug-likeness (QED) is 0.443. The molecule has 26 heavy (non-hydrogen) atoms. The van der Waals surface area contributed by atoms with Crippen LogP contribution in [0, 0.1) is 5.92 Å². The fourth-order valence-corrected chi connectivity index (χ4v) is 3.17. The van der Waals surface area contributed by atoms with Gasteiger partial charge >= 0.3 is 11.9 Å². The highest BCUT2D eigenvalue weighted by atomic mass is 16.6. The second kappa shape index (κ2) is 8.01. The molecule has 2 rings (SSSR count). The van der Waals surface area contributed by atoms with Gasteiger partial charge in [-0.3, -0.25) is 0 Å². The molecule has 0 spiro atoms. The zero-order valence-corrected chi connectivity index (χ0v) is 15.6. The lowest BCUT2D eigenvalue weighted by molar-refractivity contribution is -0.147. The van der Waals surface area contributed by atoms with Crippen molar-refractivity contribution in [3.63, 3.8) is 0 Å². The number of carbonyl (C=O) groups excluding carboxylic acids is 2. The van der Waals surface area contributed by atoms with E-state index in [1.54, 1.807) is 39.8 Å². The zero-order chi connectivity index (χ0) is 19.6. The van der Waals surface area contributed by atoms with Gasteiger partial charge < -0.3 is 19.7 Å². The molecule has 0 bridgehead atoms. The van der Waals surface area contributed by atoms with E-state index in [2.05, 4.69) is 6.58 Å². The molecule has 2 N–H and O–H groups in total. The lowest BCUT2D eigenvalue weighted by Crippen LogP contribution is -2.35. The maximum Gasteiger partial charge on any atom is 0.334 e. The van der Waals surface area contributed by atoms with Crippen molar-refractivity contribution in [2.24, 2.45) is 5.92 Å². The normalized spacial score (nSPS) is 37.0. The molecule has 0 radical (unpaired) electrons. The van der Waals surface area contributed by atoms with Gasteiger partial charge in [-0.1, -0.05) is 24.3 Å². The van der Waals surface area contributed by atoms with E-state index in [1.165, 1.54) is 6.08 Å². The van der Waals surface area contributed by atoms with Crippen molar-refractivity contribution < 1.29 is 29.3 Å². The first-order valence-corrected chi connectivity index (χ1v) is 8.61. The molecule has 0 aromatic heterocycles. The first-order valence-electron chi connectivity index (χ1n) is 8.61. The van der Waals surface area contributed by atoms with E-state index in [4.69, 9.17) is 9.47 Å². The molecule has 1 heterocycles. The van der Waals surface area contributed by atoms with Gasteiger partial charge in [0.05, 0.1) is 5.92 Å². The Labute approximate surface area is 153 Å². The molecular formula is C20H26O6. The number of rotatable bonds is 2. The number of hydrogen-bond donors (Lipinski definition) is 2. The van der Waals surface area contributed by atoms with E-state index < -0.39 is 42.3 Å². The van der Waals surface area contributed by atoms with Gasteiger partial charge in [-0.2, -0.15) is 0 Å². The Morgan fingerprint density at radius 3 is 2.62 bits per heavy atom. The largest absolute Gasteiger partial charge is 0.458 e. The number of aliphatic hydroxyl groups excluding tert-OH is 2. The molecule has 6 nitrogen and oxygen atoms in total. The molecule has 0 saturated carbocycles. The van der Waals surface area contributed by atoms with Crippen molar-refractivity contribution in [3.05, 3.63) is 47.1 Å². The minimum Gasteiger partial charge on any atom is -0.458 e. The average molecular weight is 362 g/mol. The molecule has 0 aromatic carbocycles. The van der Waals surface area contributed by atoms with Crippen LogP contribution in [0.4, 0.5) is 0 Å². The van der Waals surface area contributed by atoms with Crippen molar-refractivity contribution in [2.45, 2.75) is 58.5 Å². The van der Waals surface area contributed by atoms with Crippen molar-refractivity contribution in [3.8, 4) is 0 Å². The van der Waals surface area contributed by atoms with Crippen LogP contribution in [0.3, 0.4) is 0 Å². The topological polar surface area (TPSA) is 93.1 Å². The molecule has 142 valence electrons. The van der Waals surface area contributed by atoms with E-state index in [-0.39, 0.29) is 12.0 Å². The van der Waals surface area contributed by atoms with Crippen molar-refractivity contribution in [1.82, 2.24) is 0 Å². The Kier molecular flexibility index (Phi) is 6.21. The average Bonchev–Trinajstić information content (AvgIpc) is 2.85. The summed E-state index contributed by atoms with van der Waals surface area (Å²) in [4.78, 5) is 24.4. The summed E-state index contributed by atoms with van der Waals surface area (Å²) in [6, 6.07) is 0. The molecule has 2 aliphatic rings. The molecule has 1 aliphatic heterocycles. The smallest absolute Gasteiger partial charge is 0.334 e. The SMILES string of the molecule is C=C1C(=O)O[C@@H]2/C=C(\C)[C@@H](O)[C@H](O)/C=C(\C)C[C@@H](OC(=O)/C(C)=C\C)[C@@H]12. The Balaban J connectivity index is 2.47. The van der Waals surface area contributed by atoms with Gasteiger partial charge in [0.1, 0.15) is 24.4 Å². The van der Waals surface area contributed by atoms with Crippen LogP contribution in [0.25, 0.3) is 0 Å². The van der Waals surface area contributed by atoms with Crippen LogP contribution < -0.4 is 0 Å². The second-order valence-corrected chi connectivity index (χ2v) is 6.90. The third-order valence-electron chi connectivity index (χ3n) is 4.87. The highest BCUT2D eigenvalue weighted by molar-refractivity contribution is 5.92. The fourth-order valence-electron chi connectivity index (χ4n) is 3.17. The summed E-state index contributed by atoms with van der Waals surface area (Å²) < 4.78 is 11.0. The number of hydrogen-bond acceptors (Lipinski definition) is 6. The molecule has 1 aliphatic carbocycles. The number of allylic oxidation sites excluding steroid dienone is 1. The predicted octanol–water partition coefficient (Wildman–Crippen LogP) is 1.98. The van der Waals surface area contributed by atoms with Crippen LogP contribution in [0.1, 0.15) is 34.1 Å². The summed E-state index contributed by atoms with van der Waals surface area (Å²) >= 11 is 0. The summed E-state index contributed by atoms with van der Waals surface area (Å²) in [5.74, 6) is -1.59. The van der Waals surface area contributed by atoms with Crippen LogP contribution >= 0.6 is 0 Å². The highest BCUT2D eigenvalue weighted by Crippen LogP contribution is 2.36. The van der Waals surface area contributed by atoms with Gasteiger partial charge in [-0.25, -0.2) is 9.59 Å². The summed E-state index contributed by atoms with van der Waals surface area (Å²) in [7, 11) is 0. The molecule has 1 saturated heterocycles. The number of aliphatic hydroxyl groups is 2. The summed E-state index contributed by atoms with van der Waals surface area (Å²) in [6.45, 7) is 10.6. The summed E-state index contributed by atoms with van der Waals surface area (Å²) in [5.41, 5.74) is 1.89. The standard InChI is InChI=1S/C20H26O6/c1-6-11(3)19(23)25-15-8-10(2)7-14(21)18(22)12(4)9-16-17(15)13(5)20(24)26-16/h6-7,9,14-18,21-22H,5,8H2,1-4H3/b10-7+,11-6-,12-9+/t14-,15-,16-,17-,18-/m1/s1. The lowest BCUT2D eigenvalue weighted by atomic mass is 9.84. The minimum atomic E-state index is -1.11. The molecule has 5 atom stereocenters. The molecular weight excluding hydrogens is 336 g/mol. The first-order chi connectivity index (χ1) is 12.1. The van der Waals surface area contributed by atoms with E-state index in [0.717, 1.165) is 5.57 Å². The molecule has 0 aromatic rings. The lowest BCUT2D eigenvalue weighted by Gasteiger charge is -2.29. The van der Waals surface area contributed by atoms with Crippen molar-refractivity contribution in [1.29, 1.82) is 0 Å². The Bertz CT molecular complexity index is 699. The van der Waals surface area contributed by atoms with Gasteiger partial charge in [-0.05, 0) is 39.3 Å². The van der Waals surface area contributed by atoms with Crippen LogP contribution in [-0.4, -0.2) is 46.6 Å². The van der Waals surface area contributed by atoms with Gasteiger partial charge in [0, 0.05) is 17.6 Å². The maximum atomic E-state index is 12.3. The van der Waals surface area contributed by atoms with Gasteiger partial charge in [0.25, 0.3) is 0 Å². The predicted molar refractivity (Wildman–Crippen MR) is 96.0 cm³/mol. The molecule has 0 amide bonds. The maximum absolute atomic E-state index is 12.3. The van der Waals surface area contributed by atoms with Gasteiger partial charge in [0.2, 0.25) is 0 Å². The second-order valence-electron chi connectivity index (χ2n) is 6.90. The highest BCUT2D eigenvalue weighted by Gasteiger charge is 2.45. The first kappa shape index (κ1) is 20.1. The Morgan fingerprint density at radius 2 is 2.00 bits per heavy atom. The Hall–Kier alpha value is -2.18. The molecule has 1 fully saturated rings. The van der Waals surface area contributed by atoms with Gasteiger partial charge in [-0.15, -0.1) is 0 Å². The molecule has 6 heteroatoms. The number of esters is 2. The third-order valence-corrected chi connectivity index (χ3v) is 4.87. The van der Waals surface area contributed by atoms with E-state index >= 15 is 0 Å². The Morgan fingerprint density at radius 1 is 1.35 bits per heavy atom. The number of carbonyl (C=O) groups is 2. The third kappa shape index (κ3) is 4.14. The van der Waals surface area contributed by atoms with Crippen molar-refractivity contribution in [2.75, 3.05) is 0 Å². The van der Waals surface area contributed by atoms with E-state index in [1.807, 2.05) is 0 Å². The van der Waals surface area contributed by atoms with Crippen LogP contribution in [-0.2, 0) is 19.1 Å². The fraction of sp³-hybridized carbons (Fsp3) is 0.500. The zero-order valence-electron chi connectivity index (χ0n) is 15.6. The van der Waals surface area contributed by atoms with E-state index in [9.17, 15) is 19.8 Å².